The van der Waals surface area contributed by atoms with Gasteiger partial charge in [-0.2, -0.15) is 0 Å². The lowest BCUT2D eigenvalue weighted by molar-refractivity contribution is -0.136. The van der Waals surface area contributed by atoms with Crippen LogP contribution in [-0.4, -0.2) is 30.8 Å². The molecule has 2 N–H and O–H groups in total. The summed E-state index contributed by atoms with van der Waals surface area (Å²) in [5, 5.41) is 7.72. The van der Waals surface area contributed by atoms with Gasteiger partial charge in [0.15, 0.2) is 0 Å². The largest absolute Gasteiger partial charge is 0.347 e. The number of benzene rings is 1. The number of carbonyl (C=O) groups is 3. The highest BCUT2D eigenvalue weighted by molar-refractivity contribution is 7.10. The molecule has 0 bridgehead atoms. The number of nitrogens with zero attached hydrogens (tertiary/aromatic N) is 1. The number of rotatable bonds is 4. The first-order valence-electron chi connectivity index (χ1n) is 10.7. The van der Waals surface area contributed by atoms with Gasteiger partial charge in [0.2, 0.25) is 5.91 Å². The molecule has 2 aliphatic heterocycles. The molecule has 5 rings (SSSR count). The number of hydrogen-bond acceptors (Lipinski definition) is 4. The molecule has 0 atom stereocenters. The van der Waals surface area contributed by atoms with Crippen LogP contribution >= 0.6 is 11.3 Å². The van der Waals surface area contributed by atoms with Gasteiger partial charge in [-0.3, -0.25) is 14.4 Å². The third-order valence-electron chi connectivity index (χ3n) is 6.71. The molecule has 1 aromatic carbocycles. The predicted octanol–water partition coefficient (Wildman–Crippen LogP) is 3.15. The normalized spacial score (nSPS) is 18.9. The minimum atomic E-state index is -0.636. The third kappa shape index (κ3) is 3.31. The summed E-state index contributed by atoms with van der Waals surface area (Å²) < 4.78 is 0. The molecule has 1 fully saturated rings. The molecule has 0 spiro atoms. The van der Waals surface area contributed by atoms with E-state index in [0.717, 1.165) is 48.9 Å². The van der Waals surface area contributed by atoms with Crippen molar-refractivity contribution in [3.8, 4) is 0 Å². The minimum absolute atomic E-state index is 0.0438. The van der Waals surface area contributed by atoms with E-state index in [4.69, 9.17) is 0 Å². The summed E-state index contributed by atoms with van der Waals surface area (Å²) >= 11 is 1.72. The van der Waals surface area contributed by atoms with E-state index in [0.29, 0.717) is 31.6 Å². The fraction of sp³-hybridized carbons (Fsp3) is 0.435. The van der Waals surface area contributed by atoms with Crippen LogP contribution in [0.25, 0.3) is 0 Å². The zero-order chi connectivity index (χ0) is 20.7. The first-order chi connectivity index (χ1) is 14.6. The Bertz CT molecular complexity index is 1010. The smallest absolute Gasteiger partial charge is 0.313 e. The van der Waals surface area contributed by atoms with Crippen molar-refractivity contribution in [1.29, 1.82) is 0 Å². The van der Waals surface area contributed by atoms with Gasteiger partial charge in [0.25, 0.3) is 0 Å². The van der Waals surface area contributed by atoms with Crippen molar-refractivity contribution in [2.45, 2.75) is 50.4 Å². The zero-order valence-electron chi connectivity index (χ0n) is 16.8. The van der Waals surface area contributed by atoms with Crippen molar-refractivity contribution in [2.24, 2.45) is 0 Å². The van der Waals surface area contributed by atoms with Crippen molar-refractivity contribution >= 4 is 40.4 Å². The second kappa shape index (κ2) is 7.54. The van der Waals surface area contributed by atoms with Crippen LogP contribution in [0.5, 0.6) is 0 Å². The standard InChI is InChI=1S/C23H25N3O3S/c27-19-6-5-15-12-17(13-16-7-10-26(19)20(15)16)25-22(29)21(28)24-14-23(8-1-2-9-23)18-4-3-11-30-18/h3-4,11-13H,1-2,5-10,14H2,(H,24,28)(H,25,29). The van der Waals surface area contributed by atoms with Crippen molar-refractivity contribution in [2.75, 3.05) is 23.3 Å². The molecule has 156 valence electrons. The summed E-state index contributed by atoms with van der Waals surface area (Å²) in [7, 11) is 0. The van der Waals surface area contributed by atoms with Crippen molar-refractivity contribution in [3.05, 3.63) is 45.6 Å². The van der Waals surface area contributed by atoms with Gasteiger partial charge in [0.1, 0.15) is 0 Å². The Labute approximate surface area is 179 Å². The summed E-state index contributed by atoms with van der Waals surface area (Å²) in [6, 6.07) is 7.97. The molecule has 1 aromatic heterocycles. The Morgan fingerprint density at radius 2 is 1.83 bits per heavy atom. The van der Waals surface area contributed by atoms with Gasteiger partial charge in [0, 0.05) is 35.5 Å². The summed E-state index contributed by atoms with van der Waals surface area (Å²) in [5.74, 6) is -1.06. The quantitative estimate of drug-likeness (QED) is 0.742. The van der Waals surface area contributed by atoms with Crippen molar-refractivity contribution in [1.82, 2.24) is 5.32 Å². The van der Waals surface area contributed by atoms with Crippen LogP contribution < -0.4 is 15.5 Å². The second-order valence-corrected chi connectivity index (χ2v) is 9.49. The number of thiophene rings is 1. The molecule has 0 unspecified atom stereocenters. The molecule has 3 aliphatic rings. The summed E-state index contributed by atoms with van der Waals surface area (Å²) in [6.45, 7) is 1.19. The van der Waals surface area contributed by atoms with Gasteiger partial charge >= 0.3 is 11.8 Å². The highest BCUT2D eigenvalue weighted by atomic mass is 32.1. The lowest BCUT2D eigenvalue weighted by Gasteiger charge is -2.28. The lowest BCUT2D eigenvalue weighted by Crippen LogP contribution is -2.43. The highest BCUT2D eigenvalue weighted by Gasteiger charge is 2.37. The Morgan fingerprint density at radius 3 is 2.57 bits per heavy atom. The van der Waals surface area contributed by atoms with E-state index in [1.165, 1.54) is 4.88 Å². The number of carbonyl (C=O) groups excluding carboxylic acids is 3. The minimum Gasteiger partial charge on any atom is -0.347 e. The maximum atomic E-state index is 12.6. The molecule has 7 heteroatoms. The average molecular weight is 424 g/mol. The van der Waals surface area contributed by atoms with Gasteiger partial charge in [-0.15, -0.1) is 11.3 Å². The first kappa shape index (κ1) is 19.3. The molecule has 0 radical (unpaired) electrons. The van der Waals surface area contributed by atoms with Gasteiger partial charge < -0.3 is 15.5 Å². The number of anilines is 2. The topological polar surface area (TPSA) is 78.5 Å². The van der Waals surface area contributed by atoms with Gasteiger partial charge in [0.05, 0.1) is 5.69 Å². The maximum Gasteiger partial charge on any atom is 0.313 e. The van der Waals surface area contributed by atoms with Gasteiger partial charge in [-0.05, 0) is 60.4 Å². The van der Waals surface area contributed by atoms with E-state index in [-0.39, 0.29) is 11.3 Å². The zero-order valence-corrected chi connectivity index (χ0v) is 17.6. The lowest BCUT2D eigenvalue weighted by atomic mass is 9.84. The van der Waals surface area contributed by atoms with Crippen LogP contribution in [0.1, 0.15) is 48.1 Å². The van der Waals surface area contributed by atoms with Crippen LogP contribution in [0.15, 0.2) is 29.6 Å². The average Bonchev–Trinajstić information content (AvgIpc) is 3.50. The summed E-state index contributed by atoms with van der Waals surface area (Å²) in [5.41, 5.74) is 3.74. The molecule has 0 saturated heterocycles. The van der Waals surface area contributed by atoms with E-state index >= 15 is 0 Å². The fourth-order valence-electron chi connectivity index (χ4n) is 5.19. The molecular formula is C23H25N3O3S. The van der Waals surface area contributed by atoms with Crippen molar-refractivity contribution < 1.29 is 14.4 Å². The number of nitrogens with one attached hydrogen (secondary N) is 2. The van der Waals surface area contributed by atoms with Crippen LogP contribution in [0.2, 0.25) is 0 Å². The van der Waals surface area contributed by atoms with Crippen LogP contribution in [0, 0.1) is 0 Å². The molecular weight excluding hydrogens is 398 g/mol. The molecule has 30 heavy (non-hydrogen) atoms. The number of amides is 3. The van der Waals surface area contributed by atoms with Gasteiger partial charge in [-0.1, -0.05) is 18.9 Å². The van der Waals surface area contributed by atoms with E-state index in [2.05, 4.69) is 22.1 Å². The Hall–Kier alpha value is -2.67. The Kier molecular flexibility index (Phi) is 4.85. The van der Waals surface area contributed by atoms with E-state index in [9.17, 15) is 14.4 Å². The van der Waals surface area contributed by atoms with Gasteiger partial charge in [-0.25, -0.2) is 0 Å². The van der Waals surface area contributed by atoms with E-state index < -0.39 is 11.8 Å². The third-order valence-corrected chi connectivity index (χ3v) is 7.82. The fourth-order valence-corrected chi connectivity index (χ4v) is 6.18. The number of hydrogen-bond donors (Lipinski definition) is 2. The monoisotopic (exact) mass is 423 g/mol. The summed E-state index contributed by atoms with van der Waals surface area (Å²) in [6.07, 6.45) is 6.34. The molecule has 6 nitrogen and oxygen atoms in total. The van der Waals surface area contributed by atoms with E-state index in [1.807, 2.05) is 23.1 Å². The molecule has 1 aliphatic carbocycles. The second-order valence-electron chi connectivity index (χ2n) is 8.54. The van der Waals surface area contributed by atoms with Crippen LogP contribution in [-0.2, 0) is 32.6 Å². The summed E-state index contributed by atoms with van der Waals surface area (Å²) in [4.78, 5) is 40.3. The van der Waals surface area contributed by atoms with Crippen molar-refractivity contribution in [3.63, 3.8) is 0 Å². The molecule has 3 heterocycles. The highest BCUT2D eigenvalue weighted by Crippen LogP contribution is 2.42. The maximum absolute atomic E-state index is 12.6. The molecule has 3 amide bonds. The first-order valence-corrected chi connectivity index (χ1v) is 11.5. The predicted molar refractivity (Wildman–Crippen MR) is 117 cm³/mol. The SMILES string of the molecule is O=C(NCC1(c2cccs2)CCCC1)C(=O)Nc1cc2c3c(c1)CCN3C(=O)CC2. The Balaban J connectivity index is 1.26. The molecule has 2 aromatic rings. The van der Waals surface area contributed by atoms with Crippen LogP contribution in [0.3, 0.4) is 0 Å². The molecule has 1 saturated carbocycles. The van der Waals surface area contributed by atoms with Crippen LogP contribution in [0.4, 0.5) is 11.4 Å². The number of aryl methyl sites for hydroxylation is 1. The Morgan fingerprint density at radius 1 is 1.07 bits per heavy atom. The van der Waals surface area contributed by atoms with E-state index in [1.54, 1.807) is 11.3 Å².